The maximum absolute atomic E-state index is 14.7. The van der Waals surface area contributed by atoms with E-state index in [-0.39, 0.29) is 74.8 Å². The fourth-order valence-corrected chi connectivity index (χ4v) is 25.1. The molecule has 13 atom stereocenters. The van der Waals surface area contributed by atoms with Crippen molar-refractivity contribution >= 4 is 57.0 Å². The van der Waals surface area contributed by atoms with Crippen molar-refractivity contribution in [2.24, 2.45) is 0 Å². The van der Waals surface area contributed by atoms with Crippen molar-refractivity contribution in [2.75, 3.05) is 42.3 Å². The van der Waals surface area contributed by atoms with Crippen LogP contribution >= 0.6 is 27.5 Å². The highest BCUT2D eigenvalue weighted by molar-refractivity contribution is 9.10. The Morgan fingerprint density at radius 1 is 0.544 bits per heavy atom. The number of terminal acetylenes is 1. The summed E-state index contributed by atoms with van der Waals surface area (Å²) >= 11 is 9.97. The number of nitrogens with two attached hydrogens (primary N) is 2. The van der Waals surface area contributed by atoms with E-state index < -0.39 is 86.0 Å². The summed E-state index contributed by atoms with van der Waals surface area (Å²) in [6.45, 7) is 10.4. The molecule has 1 saturated carbocycles. The van der Waals surface area contributed by atoms with Crippen molar-refractivity contribution in [1.29, 1.82) is 5.26 Å². The van der Waals surface area contributed by atoms with Crippen molar-refractivity contribution in [3.05, 3.63) is 441 Å². The van der Waals surface area contributed by atoms with Gasteiger partial charge < -0.3 is 76.2 Å². The van der Waals surface area contributed by atoms with E-state index in [0.717, 1.165) is 87.5 Å². The van der Waals surface area contributed by atoms with E-state index in [2.05, 4.69) is 84.5 Å². The van der Waals surface area contributed by atoms with Gasteiger partial charge in [-0.3, -0.25) is 19.4 Å². The Kier molecular flexibility index (Phi) is 24.1. The number of benzene rings is 9. The third kappa shape index (κ3) is 14.6. The van der Waals surface area contributed by atoms with Crippen LogP contribution in [-0.2, 0) is 49.5 Å². The molecular formula is C116H101BrClF2N15O12. The van der Waals surface area contributed by atoms with Crippen LogP contribution in [0.4, 0.5) is 32.2 Å². The standard InChI is InChI=1S/C32H29BrClN3O3.C31H24FN3O4.C29H25FN4O2.C24H23N5O3/c1-17-7-6-10-20(15-17)26-24-27(36-28(37-29(24)38)19-8-4-3-5-9-19)31(39)25-18(2)16-23(34)35-30(25)40-32(26,31)21-11-13-22(33)14-12-21;32-21-13-14-23-22(16-21)30(37)27-25(29(36)35-28(34-27)24-8-4-5-15-38-24)26(19-6-2-1-3-7-19)31(30,39-23)20-11-9-18(17-33)10-12-20;1-17-8-15-23-22(16-17)28(35)25-24(26(32-2)34-27(31)33-25)21(14-9-18-6-4-3-5-7-18)29(28,36-23)19-10-12-20(30)13-11-19;1-4-10-26-22-28-19-18(20(30)29-22)16(5-2)24(14-6-8-15(25)9-7-14)23(19,31)17-11-13(3)12-27-21(17)32-24/h6-7,10-16,19,26,39H,3-5,8-9H2,1-2H3,(H,36,37,38);1-3,6-7,9-14,16,24,26,37H,4-5,8,15H2,(H,34,35,36);3-16,21,35H,1-2H3,(H3,31,32,33,34);1,6-9,11-12,16,31H,5,10,25H2,2-3H3,(H2,26,28,29,30)/b;;14-9+;/t26-,31+,32+;24?,26-,30+,31+;21-,28+,29+;16-,23+,24+/m1111/s1. The van der Waals surface area contributed by atoms with Crippen LogP contribution in [0.3, 0.4) is 0 Å². The summed E-state index contributed by atoms with van der Waals surface area (Å²) in [6.07, 6.45) is 19.0. The molecule has 27 nitrogen and oxygen atoms in total. The molecule has 5 aliphatic carbocycles. The van der Waals surface area contributed by atoms with Crippen LogP contribution in [-0.4, -0.2) is 90.5 Å². The number of nitrogens with one attached hydrogen (secondary N) is 5. The molecule has 13 N–H and O–H groups in total. The quantitative estimate of drug-likeness (QED) is 0.0274. The van der Waals surface area contributed by atoms with Crippen LogP contribution in [0.25, 0.3) is 6.08 Å². The van der Waals surface area contributed by atoms with Gasteiger partial charge in [0.2, 0.25) is 23.7 Å². The van der Waals surface area contributed by atoms with Gasteiger partial charge in [0.05, 0.1) is 86.5 Å². The number of pyridine rings is 2. The molecule has 0 bridgehead atoms. The Balaban J connectivity index is 0.000000112. The second-order valence-corrected chi connectivity index (χ2v) is 40.5. The molecule has 11 heterocycles. The van der Waals surface area contributed by atoms with Crippen molar-refractivity contribution in [1.82, 2.24) is 49.8 Å². The molecule has 740 valence electrons. The van der Waals surface area contributed by atoms with E-state index >= 15 is 0 Å². The summed E-state index contributed by atoms with van der Waals surface area (Å²) in [4.78, 5) is 82.9. The molecule has 6 aromatic heterocycles. The van der Waals surface area contributed by atoms with Gasteiger partial charge in [0.15, 0.2) is 44.8 Å². The Bertz CT molecular complexity index is 8130. The van der Waals surface area contributed by atoms with Gasteiger partial charge in [-0.2, -0.15) is 10.2 Å². The van der Waals surface area contributed by atoms with E-state index in [0.29, 0.717) is 127 Å². The number of rotatable bonds is 14. The van der Waals surface area contributed by atoms with Gasteiger partial charge in [-0.05, 0) is 191 Å². The summed E-state index contributed by atoms with van der Waals surface area (Å²) in [5.74, 6) is 2.29. The van der Waals surface area contributed by atoms with Crippen LogP contribution in [0.15, 0.2) is 262 Å². The van der Waals surface area contributed by atoms with Gasteiger partial charge in [-0.25, -0.2) is 38.7 Å². The SMILES string of the molecule is C#CCNc1nc2c(c(=O)[nH]1)[C@@H](CC)[C@]1(c3ccc(N)cc3)Oc3ncc(C)cc3[C@]21O.CNc1nc(N)nc2c1[C@@H](/C=C/c1ccccc1)[C@]1(c3ccc(F)cc3)Oc3ccc(C)cc3[C@]21O.Cc1cccc([C@@H]2c3c(nc(C4CCCCC4)[nH]c3=O)[C@@]3(O)c4c(C)cc(Cl)nc4O[C@@]23c2ccc(Br)cc2)c1.N#Cc1ccc([C@@]23Oc4ccc(F)cc4[C@]2(O)c2nc(C4CCCCO4)[nH]c(=O)c2[C@H]3c2ccccc2)cc1. The molecule has 2 fully saturated rings. The molecule has 1 saturated heterocycles. The molecule has 10 aliphatic rings. The maximum Gasteiger partial charge on any atom is 0.256 e. The zero-order valence-electron chi connectivity index (χ0n) is 80.8. The number of aryl methyl sites for hydroxylation is 4. The number of hydrogen-bond donors (Lipinski definition) is 11. The minimum atomic E-state index is -2.02. The van der Waals surface area contributed by atoms with Crippen LogP contribution in [0.2, 0.25) is 5.15 Å². The molecule has 25 rings (SSSR count). The summed E-state index contributed by atoms with van der Waals surface area (Å²) in [5, 5.41) is 67.3. The zero-order chi connectivity index (χ0) is 102. The first kappa shape index (κ1) is 96.4. The number of aromatic amines is 3. The summed E-state index contributed by atoms with van der Waals surface area (Å²) in [5.41, 5.74) is 12.4. The maximum atomic E-state index is 14.7. The normalized spacial score (nSPS) is 25.2. The zero-order valence-corrected chi connectivity index (χ0v) is 83.1. The van der Waals surface area contributed by atoms with Crippen molar-refractivity contribution in [3.63, 3.8) is 0 Å². The number of aromatic nitrogens is 10. The number of aliphatic hydroxyl groups is 4. The molecular weight excluding hydrogens is 1950 g/mol. The molecule has 147 heavy (non-hydrogen) atoms. The summed E-state index contributed by atoms with van der Waals surface area (Å²) in [6, 6.07) is 70.2. The number of fused-ring (bicyclic) bond motifs is 20. The average molecular weight is 2050 g/mol. The van der Waals surface area contributed by atoms with E-state index in [4.69, 9.17) is 63.1 Å². The van der Waals surface area contributed by atoms with E-state index in [1.165, 1.54) is 36.8 Å². The molecule has 9 aromatic carbocycles. The molecule has 5 aliphatic heterocycles. The van der Waals surface area contributed by atoms with Crippen molar-refractivity contribution < 1.29 is 52.9 Å². The molecule has 0 radical (unpaired) electrons. The third-order valence-electron chi connectivity index (χ3n) is 30.8. The Morgan fingerprint density at radius 3 is 1.78 bits per heavy atom. The summed E-state index contributed by atoms with van der Waals surface area (Å²) < 4.78 is 62.5. The monoisotopic (exact) mass is 2050 g/mol. The first-order chi connectivity index (χ1) is 70.9. The van der Waals surface area contributed by atoms with Crippen molar-refractivity contribution in [2.45, 2.75) is 173 Å². The van der Waals surface area contributed by atoms with Gasteiger partial charge >= 0.3 is 0 Å². The lowest BCUT2D eigenvalue weighted by Gasteiger charge is -2.40. The third-order valence-corrected chi connectivity index (χ3v) is 31.5. The first-order valence-corrected chi connectivity index (χ1v) is 50.2. The van der Waals surface area contributed by atoms with Gasteiger partial charge in [0.25, 0.3) is 16.7 Å². The lowest BCUT2D eigenvalue weighted by Crippen LogP contribution is -2.49. The van der Waals surface area contributed by atoms with Crippen LogP contribution in [0, 0.1) is 63.0 Å². The van der Waals surface area contributed by atoms with Gasteiger partial charge in [-0.15, -0.1) is 6.42 Å². The van der Waals surface area contributed by atoms with Crippen LogP contribution < -0.4 is 57.7 Å². The molecule has 0 amide bonds. The van der Waals surface area contributed by atoms with Gasteiger partial charge in [0.1, 0.15) is 51.9 Å². The first-order valence-electron chi connectivity index (χ1n) is 49.0. The number of H-pyrrole nitrogens is 3. The summed E-state index contributed by atoms with van der Waals surface area (Å²) in [7, 11) is 1.75. The van der Waals surface area contributed by atoms with Crippen molar-refractivity contribution in [3.8, 4) is 41.7 Å². The van der Waals surface area contributed by atoms with Gasteiger partial charge in [0, 0.05) is 75.2 Å². The number of hydrogen-bond acceptors (Lipinski definition) is 24. The van der Waals surface area contributed by atoms with Gasteiger partial charge in [-0.1, -0.05) is 222 Å². The lowest BCUT2D eigenvalue weighted by molar-refractivity contribution is -0.0982. The molecule has 15 aromatic rings. The minimum Gasteiger partial charge on any atom is -0.477 e. The topological polar surface area (TPSA) is 416 Å². The highest BCUT2D eigenvalue weighted by Crippen LogP contribution is 2.73. The van der Waals surface area contributed by atoms with E-state index in [1.807, 2.05) is 186 Å². The second-order valence-electron chi connectivity index (χ2n) is 39.2. The number of nitriles is 1. The predicted molar refractivity (Wildman–Crippen MR) is 553 cm³/mol. The highest BCUT2D eigenvalue weighted by atomic mass is 79.9. The average Bonchev–Trinajstić information content (AvgIpc) is 1.49. The Morgan fingerprint density at radius 2 is 1.10 bits per heavy atom. The predicted octanol–water partition coefficient (Wildman–Crippen LogP) is 18.6. The van der Waals surface area contributed by atoms with Crippen LogP contribution in [0.5, 0.6) is 23.3 Å². The fraction of sp³-hybridized carbons (Fsp3) is 0.267. The van der Waals surface area contributed by atoms with Crippen LogP contribution in [0.1, 0.15) is 246 Å². The number of nitrogens with zero attached hydrogens (tertiary/aromatic N) is 8. The smallest absolute Gasteiger partial charge is 0.256 e. The second kappa shape index (κ2) is 36.7. The largest absolute Gasteiger partial charge is 0.477 e. The fourth-order valence-electron chi connectivity index (χ4n) is 24.6. The Hall–Kier alpha value is -15.4. The molecule has 31 heteroatoms. The lowest BCUT2D eigenvalue weighted by atomic mass is 9.70. The number of ether oxygens (including phenoxy) is 5. The minimum absolute atomic E-state index is 0.0355. The van der Waals surface area contributed by atoms with E-state index in [1.54, 1.807) is 67.8 Å². The number of anilines is 4. The Labute approximate surface area is 857 Å². The molecule has 0 spiro atoms. The molecule has 1 unspecified atom stereocenters. The number of halogens is 4. The highest BCUT2D eigenvalue weighted by Gasteiger charge is 2.78. The van der Waals surface area contributed by atoms with E-state index in [9.17, 15) is 48.9 Å². The number of nitrogen functional groups attached to an aromatic ring is 2.